The Balaban J connectivity index is 1.76. The zero-order chi connectivity index (χ0) is 13.0. The standard InChI is InChI=1S/C14H17FN2O/c1-10-2-5-13(8-14(10)15)18-7-6-12(9-16)17-11-3-4-11/h2,5,8,11-12,17H,3-4,6-7H2,1H3. The third-order valence-electron chi connectivity index (χ3n) is 2.99. The SMILES string of the molecule is Cc1ccc(OCCC(C#N)NC2CC2)cc1F. The van der Waals surface area contributed by atoms with Crippen molar-refractivity contribution in [2.75, 3.05) is 6.61 Å². The number of hydrogen-bond donors (Lipinski definition) is 1. The smallest absolute Gasteiger partial charge is 0.129 e. The van der Waals surface area contributed by atoms with Crippen molar-refractivity contribution in [1.82, 2.24) is 5.32 Å². The Morgan fingerprint density at radius 3 is 2.94 bits per heavy atom. The average molecular weight is 248 g/mol. The Kier molecular flexibility index (Phi) is 4.16. The molecule has 0 heterocycles. The lowest BCUT2D eigenvalue weighted by Crippen LogP contribution is -2.31. The van der Waals surface area contributed by atoms with E-state index in [0.29, 0.717) is 30.4 Å². The molecular formula is C14H17FN2O. The summed E-state index contributed by atoms with van der Waals surface area (Å²) in [4.78, 5) is 0. The molecule has 0 aliphatic heterocycles. The molecule has 1 aliphatic carbocycles. The van der Waals surface area contributed by atoms with Crippen molar-refractivity contribution in [1.29, 1.82) is 5.26 Å². The molecule has 1 N–H and O–H groups in total. The van der Waals surface area contributed by atoms with E-state index < -0.39 is 0 Å². The first-order valence-electron chi connectivity index (χ1n) is 6.23. The maximum Gasteiger partial charge on any atom is 0.129 e. The Hall–Kier alpha value is -1.60. The minimum absolute atomic E-state index is 0.173. The fraction of sp³-hybridized carbons (Fsp3) is 0.500. The van der Waals surface area contributed by atoms with Gasteiger partial charge in [0.1, 0.15) is 11.6 Å². The number of halogens is 1. The lowest BCUT2D eigenvalue weighted by Gasteiger charge is -2.11. The number of aryl methyl sites for hydroxylation is 1. The summed E-state index contributed by atoms with van der Waals surface area (Å²) in [6.45, 7) is 2.13. The second kappa shape index (κ2) is 5.83. The number of hydrogen-bond acceptors (Lipinski definition) is 3. The number of nitriles is 1. The summed E-state index contributed by atoms with van der Waals surface area (Å²) in [7, 11) is 0. The second-order valence-corrected chi connectivity index (χ2v) is 4.67. The van der Waals surface area contributed by atoms with Gasteiger partial charge in [0.15, 0.2) is 0 Å². The zero-order valence-electron chi connectivity index (χ0n) is 10.4. The highest BCUT2D eigenvalue weighted by Gasteiger charge is 2.24. The highest BCUT2D eigenvalue weighted by Crippen LogP contribution is 2.20. The molecule has 0 saturated heterocycles. The predicted molar refractivity (Wildman–Crippen MR) is 66.8 cm³/mol. The lowest BCUT2D eigenvalue weighted by atomic mass is 10.2. The van der Waals surface area contributed by atoms with Gasteiger partial charge < -0.3 is 4.74 Å². The largest absolute Gasteiger partial charge is 0.493 e. The first kappa shape index (κ1) is 12.8. The Bertz CT molecular complexity index is 452. The van der Waals surface area contributed by atoms with Gasteiger partial charge >= 0.3 is 0 Å². The molecule has 1 atom stereocenters. The van der Waals surface area contributed by atoms with E-state index in [1.54, 1.807) is 19.1 Å². The van der Waals surface area contributed by atoms with Crippen LogP contribution in [0.15, 0.2) is 18.2 Å². The van der Waals surface area contributed by atoms with Crippen molar-refractivity contribution in [2.45, 2.75) is 38.3 Å². The number of nitrogens with zero attached hydrogens (tertiary/aromatic N) is 1. The summed E-state index contributed by atoms with van der Waals surface area (Å²) < 4.78 is 18.7. The molecule has 1 unspecified atom stereocenters. The van der Waals surface area contributed by atoms with Crippen molar-refractivity contribution in [3.8, 4) is 11.8 Å². The van der Waals surface area contributed by atoms with E-state index >= 15 is 0 Å². The monoisotopic (exact) mass is 248 g/mol. The van der Waals surface area contributed by atoms with Gasteiger partial charge in [-0.25, -0.2) is 4.39 Å². The molecular weight excluding hydrogens is 231 g/mol. The van der Waals surface area contributed by atoms with Crippen LogP contribution in [0.2, 0.25) is 0 Å². The van der Waals surface area contributed by atoms with Crippen molar-refractivity contribution in [3.63, 3.8) is 0 Å². The quantitative estimate of drug-likeness (QED) is 0.841. The topological polar surface area (TPSA) is 45.0 Å². The molecule has 96 valence electrons. The molecule has 0 bridgehead atoms. The molecule has 1 saturated carbocycles. The number of benzene rings is 1. The minimum Gasteiger partial charge on any atom is -0.493 e. The normalized spacial score (nSPS) is 16.1. The van der Waals surface area contributed by atoms with Gasteiger partial charge in [-0.3, -0.25) is 5.32 Å². The maximum atomic E-state index is 13.3. The van der Waals surface area contributed by atoms with E-state index in [-0.39, 0.29) is 11.9 Å². The molecule has 18 heavy (non-hydrogen) atoms. The highest BCUT2D eigenvalue weighted by molar-refractivity contribution is 5.27. The van der Waals surface area contributed by atoms with Crippen molar-refractivity contribution in [3.05, 3.63) is 29.6 Å². The molecule has 0 spiro atoms. The molecule has 1 aromatic rings. The van der Waals surface area contributed by atoms with Gasteiger partial charge in [-0.1, -0.05) is 6.07 Å². The highest BCUT2D eigenvalue weighted by atomic mass is 19.1. The number of nitrogens with one attached hydrogen (secondary N) is 1. The van der Waals surface area contributed by atoms with Crippen LogP contribution in [-0.2, 0) is 0 Å². The molecule has 1 aliphatic rings. The Morgan fingerprint density at radius 2 is 2.33 bits per heavy atom. The third kappa shape index (κ3) is 3.71. The van der Waals surface area contributed by atoms with Crippen molar-refractivity contribution < 1.29 is 9.13 Å². The summed E-state index contributed by atoms with van der Waals surface area (Å²) in [6, 6.07) is 7.36. The van der Waals surface area contributed by atoms with Crippen LogP contribution in [-0.4, -0.2) is 18.7 Å². The summed E-state index contributed by atoms with van der Waals surface area (Å²) in [6.07, 6.45) is 2.92. The van der Waals surface area contributed by atoms with Crippen LogP contribution in [0.3, 0.4) is 0 Å². The molecule has 0 aromatic heterocycles. The maximum absolute atomic E-state index is 13.3. The van der Waals surface area contributed by atoms with Gasteiger partial charge in [-0.2, -0.15) is 5.26 Å². The van der Waals surface area contributed by atoms with Crippen molar-refractivity contribution >= 4 is 0 Å². The van der Waals surface area contributed by atoms with E-state index in [9.17, 15) is 4.39 Å². The van der Waals surface area contributed by atoms with E-state index in [2.05, 4.69) is 11.4 Å². The Morgan fingerprint density at radius 1 is 1.56 bits per heavy atom. The predicted octanol–water partition coefficient (Wildman–Crippen LogP) is 2.55. The first-order chi connectivity index (χ1) is 8.69. The molecule has 4 heteroatoms. The molecule has 0 radical (unpaired) electrons. The Labute approximate surface area is 107 Å². The van der Waals surface area contributed by atoms with Gasteiger partial charge in [0.25, 0.3) is 0 Å². The van der Waals surface area contributed by atoms with Gasteiger partial charge in [0, 0.05) is 18.5 Å². The average Bonchev–Trinajstić information content (AvgIpc) is 3.16. The van der Waals surface area contributed by atoms with Crippen LogP contribution in [0.4, 0.5) is 4.39 Å². The lowest BCUT2D eigenvalue weighted by molar-refractivity contribution is 0.296. The summed E-state index contributed by atoms with van der Waals surface area (Å²) >= 11 is 0. The second-order valence-electron chi connectivity index (χ2n) is 4.67. The van der Waals surface area contributed by atoms with Gasteiger partial charge in [-0.05, 0) is 31.4 Å². The van der Waals surface area contributed by atoms with Crippen LogP contribution < -0.4 is 10.1 Å². The van der Waals surface area contributed by atoms with Crippen LogP contribution >= 0.6 is 0 Å². The molecule has 3 nitrogen and oxygen atoms in total. The summed E-state index contributed by atoms with van der Waals surface area (Å²) in [5.41, 5.74) is 0.604. The van der Waals surface area contributed by atoms with E-state index in [1.807, 2.05) is 0 Å². The van der Waals surface area contributed by atoms with Gasteiger partial charge in [0.2, 0.25) is 0 Å². The van der Waals surface area contributed by atoms with Crippen molar-refractivity contribution in [2.24, 2.45) is 0 Å². The first-order valence-corrected chi connectivity index (χ1v) is 6.23. The van der Waals surface area contributed by atoms with Crippen LogP contribution in [0.5, 0.6) is 5.75 Å². The molecule has 2 rings (SSSR count). The fourth-order valence-electron chi connectivity index (χ4n) is 1.68. The van der Waals surface area contributed by atoms with E-state index in [0.717, 1.165) is 12.8 Å². The molecule has 0 amide bonds. The fourth-order valence-corrected chi connectivity index (χ4v) is 1.68. The van der Waals surface area contributed by atoms with E-state index in [4.69, 9.17) is 10.00 Å². The summed E-state index contributed by atoms with van der Waals surface area (Å²) in [5.74, 6) is 0.252. The van der Waals surface area contributed by atoms with Gasteiger partial charge in [0.05, 0.1) is 18.7 Å². The van der Waals surface area contributed by atoms with E-state index in [1.165, 1.54) is 6.07 Å². The van der Waals surface area contributed by atoms with Crippen LogP contribution in [0, 0.1) is 24.1 Å². The molecule has 1 fully saturated rings. The molecule has 1 aromatic carbocycles. The van der Waals surface area contributed by atoms with Crippen LogP contribution in [0.1, 0.15) is 24.8 Å². The number of rotatable bonds is 6. The summed E-state index contributed by atoms with van der Waals surface area (Å²) in [5, 5.41) is 12.2. The number of ether oxygens (including phenoxy) is 1. The zero-order valence-corrected chi connectivity index (χ0v) is 10.4. The van der Waals surface area contributed by atoms with Crippen LogP contribution in [0.25, 0.3) is 0 Å². The van der Waals surface area contributed by atoms with Gasteiger partial charge in [-0.15, -0.1) is 0 Å². The third-order valence-corrected chi connectivity index (χ3v) is 2.99. The minimum atomic E-state index is -0.263.